The van der Waals surface area contributed by atoms with E-state index in [1.54, 1.807) is 13.0 Å². The molecule has 1 aromatic heterocycles. The van der Waals surface area contributed by atoms with Gasteiger partial charge in [-0.1, -0.05) is 6.42 Å². The van der Waals surface area contributed by atoms with E-state index in [2.05, 4.69) is 15.8 Å². The first kappa shape index (κ1) is 19.1. The summed E-state index contributed by atoms with van der Waals surface area (Å²) in [6.45, 7) is 7.57. The number of ether oxygens (including phenoxy) is 2. The highest BCUT2D eigenvalue weighted by Crippen LogP contribution is 2.25. The number of nitrogens with zero attached hydrogens (tertiary/aromatic N) is 1. The van der Waals surface area contributed by atoms with Crippen LogP contribution in [0.25, 0.3) is 0 Å². The topological polar surface area (TPSA) is 103 Å². The molecule has 0 saturated heterocycles. The second kappa shape index (κ2) is 8.22. The third-order valence-electron chi connectivity index (χ3n) is 3.87. The molecule has 1 aromatic rings. The van der Waals surface area contributed by atoms with Gasteiger partial charge in [-0.15, -0.1) is 0 Å². The molecule has 2 amide bonds. The van der Waals surface area contributed by atoms with Crippen molar-refractivity contribution in [2.75, 3.05) is 13.2 Å². The van der Waals surface area contributed by atoms with Gasteiger partial charge < -0.3 is 24.6 Å². The minimum Gasteiger partial charge on any atom is -0.465 e. The van der Waals surface area contributed by atoms with E-state index in [-0.39, 0.29) is 24.5 Å². The van der Waals surface area contributed by atoms with Crippen LogP contribution in [0.15, 0.2) is 10.6 Å². The first-order chi connectivity index (χ1) is 11.7. The van der Waals surface area contributed by atoms with E-state index < -0.39 is 11.7 Å². The van der Waals surface area contributed by atoms with Gasteiger partial charge in [0.2, 0.25) is 0 Å². The van der Waals surface area contributed by atoms with Crippen molar-refractivity contribution >= 4 is 12.0 Å². The smallest absolute Gasteiger partial charge is 0.407 e. The number of rotatable bonds is 6. The lowest BCUT2D eigenvalue weighted by Gasteiger charge is -2.23. The zero-order valence-electron chi connectivity index (χ0n) is 15.3. The molecule has 0 radical (unpaired) electrons. The lowest BCUT2D eigenvalue weighted by atomic mass is 10.0. The first-order valence-electron chi connectivity index (χ1n) is 8.55. The van der Waals surface area contributed by atoms with E-state index in [1.807, 2.05) is 20.8 Å². The largest absolute Gasteiger partial charge is 0.465 e. The Labute approximate surface area is 147 Å². The van der Waals surface area contributed by atoms with Gasteiger partial charge in [-0.3, -0.25) is 4.79 Å². The van der Waals surface area contributed by atoms with Crippen LogP contribution in [-0.2, 0) is 9.53 Å². The quantitative estimate of drug-likeness (QED) is 0.812. The Morgan fingerprint density at radius 3 is 2.76 bits per heavy atom. The zero-order chi connectivity index (χ0) is 18.4. The lowest BCUT2D eigenvalue weighted by Crippen LogP contribution is -2.44. The average molecular weight is 353 g/mol. The standard InChI is InChI=1S/C17H27N3O5/c1-11-8-15(20-25-11)23-10-14(21)19-13-7-5-6-12(13)9-18-16(22)24-17(2,3)4/h8,12-13H,5-7,9-10H2,1-4H3,(H,18,22)(H,19,21)/t12-,13-/m0/s1. The number of carbonyl (C=O) groups excluding carboxylic acids is 2. The number of hydrogen-bond acceptors (Lipinski definition) is 6. The Morgan fingerprint density at radius 1 is 1.36 bits per heavy atom. The predicted molar refractivity (Wildman–Crippen MR) is 90.2 cm³/mol. The summed E-state index contributed by atoms with van der Waals surface area (Å²) in [7, 11) is 0. The second-order valence-electron chi connectivity index (χ2n) is 7.31. The van der Waals surface area contributed by atoms with Gasteiger partial charge >= 0.3 is 6.09 Å². The fraction of sp³-hybridized carbons (Fsp3) is 0.706. The van der Waals surface area contributed by atoms with Gasteiger partial charge in [-0.05, 0) is 51.6 Å². The third kappa shape index (κ3) is 6.64. The van der Waals surface area contributed by atoms with E-state index >= 15 is 0 Å². The maximum absolute atomic E-state index is 12.0. The molecule has 2 N–H and O–H groups in total. The number of hydrogen-bond donors (Lipinski definition) is 2. The van der Waals surface area contributed by atoms with Crippen molar-refractivity contribution in [2.45, 2.75) is 58.6 Å². The second-order valence-corrected chi connectivity index (χ2v) is 7.31. The number of carbonyl (C=O) groups is 2. The van der Waals surface area contributed by atoms with Crippen LogP contribution in [-0.4, -0.2) is 42.0 Å². The molecule has 8 nitrogen and oxygen atoms in total. The summed E-state index contributed by atoms with van der Waals surface area (Å²) in [4.78, 5) is 23.8. The Bertz CT molecular complexity index is 593. The van der Waals surface area contributed by atoms with Crippen LogP contribution in [0.3, 0.4) is 0 Å². The molecule has 2 rings (SSSR count). The SMILES string of the molecule is Cc1cc(OCC(=O)N[C@H]2CCC[C@H]2CNC(=O)OC(C)(C)C)no1. The fourth-order valence-electron chi connectivity index (χ4n) is 2.80. The summed E-state index contributed by atoms with van der Waals surface area (Å²) in [6, 6.07) is 1.64. The van der Waals surface area contributed by atoms with Crippen LogP contribution in [0.1, 0.15) is 45.8 Å². The normalized spacial score (nSPS) is 20.2. The molecule has 1 fully saturated rings. The maximum atomic E-state index is 12.0. The van der Waals surface area contributed by atoms with Crippen LogP contribution in [0, 0.1) is 12.8 Å². The summed E-state index contributed by atoms with van der Waals surface area (Å²) < 4.78 is 15.4. The van der Waals surface area contributed by atoms with Crippen LogP contribution in [0.4, 0.5) is 4.79 Å². The Morgan fingerprint density at radius 2 is 2.12 bits per heavy atom. The van der Waals surface area contributed by atoms with E-state index in [9.17, 15) is 9.59 Å². The molecule has 0 aliphatic heterocycles. The highest BCUT2D eigenvalue weighted by atomic mass is 16.6. The summed E-state index contributed by atoms with van der Waals surface area (Å²) in [6.07, 6.45) is 2.41. The Kier molecular flexibility index (Phi) is 6.27. The third-order valence-corrected chi connectivity index (χ3v) is 3.87. The number of amides is 2. The van der Waals surface area contributed by atoms with Crippen LogP contribution >= 0.6 is 0 Å². The molecule has 1 heterocycles. The molecule has 25 heavy (non-hydrogen) atoms. The van der Waals surface area contributed by atoms with E-state index in [0.717, 1.165) is 19.3 Å². The Balaban J connectivity index is 1.73. The molecule has 2 atom stereocenters. The van der Waals surface area contributed by atoms with Gasteiger partial charge in [0, 0.05) is 18.7 Å². The lowest BCUT2D eigenvalue weighted by molar-refractivity contribution is -0.124. The molecule has 1 aliphatic carbocycles. The highest BCUT2D eigenvalue weighted by Gasteiger charge is 2.29. The van der Waals surface area contributed by atoms with Crippen LogP contribution in [0.5, 0.6) is 5.88 Å². The number of aromatic nitrogens is 1. The molecule has 8 heteroatoms. The van der Waals surface area contributed by atoms with Crippen molar-refractivity contribution in [3.8, 4) is 5.88 Å². The molecule has 0 spiro atoms. The molecular formula is C17H27N3O5. The van der Waals surface area contributed by atoms with Crippen molar-refractivity contribution in [1.29, 1.82) is 0 Å². The average Bonchev–Trinajstić information content (AvgIpc) is 3.10. The van der Waals surface area contributed by atoms with E-state index in [0.29, 0.717) is 18.2 Å². The number of alkyl carbamates (subject to hydrolysis) is 1. The van der Waals surface area contributed by atoms with Crippen molar-refractivity contribution in [1.82, 2.24) is 15.8 Å². The molecule has 0 unspecified atom stereocenters. The van der Waals surface area contributed by atoms with Crippen molar-refractivity contribution in [3.63, 3.8) is 0 Å². The predicted octanol–water partition coefficient (Wildman–Crippen LogP) is 2.17. The van der Waals surface area contributed by atoms with Crippen molar-refractivity contribution in [2.24, 2.45) is 5.92 Å². The molecular weight excluding hydrogens is 326 g/mol. The number of nitrogens with one attached hydrogen (secondary N) is 2. The summed E-state index contributed by atoms with van der Waals surface area (Å²) in [5, 5.41) is 9.42. The zero-order valence-corrected chi connectivity index (χ0v) is 15.3. The van der Waals surface area contributed by atoms with Gasteiger partial charge in [0.05, 0.1) is 0 Å². The molecule has 140 valence electrons. The molecule has 0 aromatic carbocycles. The molecule has 0 bridgehead atoms. The fourth-order valence-corrected chi connectivity index (χ4v) is 2.80. The minimum atomic E-state index is -0.524. The van der Waals surface area contributed by atoms with Crippen molar-refractivity contribution in [3.05, 3.63) is 11.8 Å². The molecule has 1 aliphatic rings. The van der Waals surface area contributed by atoms with Crippen LogP contribution < -0.4 is 15.4 Å². The van der Waals surface area contributed by atoms with E-state index in [1.165, 1.54) is 0 Å². The van der Waals surface area contributed by atoms with Gasteiger partial charge in [-0.25, -0.2) is 4.79 Å². The van der Waals surface area contributed by atoms with Gasteiger partial charge in [0.1, 0.15) is 11.4 Å². The minimum absolute atomic E-state index is 0.0186. The Hall–Kier alpha value is -2.25. The van der Waals surface area contributed by atoms with Crippen LogP contribution in [0.2, 0.25) is 0 Å². The maximum Gasteiger partial charge on any atom is 0.407 e. The van der Waals surface area contributed by atoms with Gasteiger partial charge in [0.15, 0.2) is 6.61 Å². The molecule has 1 saturated carbocycles. The summed E-state index contributed by atoms with van der Waals surface area (Å²) in [5.41, 5.74) is -0.524. The summed E-state index contributed by atoms with van der Waals surface area (Å²) >= 11 is 0. The highest BCUT2D eigenvalue weighted by molar-refractivity contribution is 5.77. The first-order valence-corrected chi connectivity index (χ1v) is 8.55. The van der Waals surface area contributed by atoms with E-state index in [4.69, 9.17) is 14.0 Å². The number of aryl methyl sites for hydroxylation is 1. The monoisotopic (exact) mass is 353 g/mol. The van der Waals surface area contributed by atoms with Crippen molar-refractivity contribution < 1.29 is 23.6 Å². The summed E-state index contributed by atoms with van der Waals surface area (Å²) in [5.74, 6) is 0.891. The van der Waals surface area contributed by atoms with Gasteiger partial charge in [0.25, 0.3) is 11.8 Å². The van der Waals surface area contributed by atoms with Gasteiger partial charge in [-0.2, -0.15) is 0 Å².